The fourth-order valence-electron chi connectivity index (χ4n) is 2.72. The molecule has 0 unspecified atom stereocenters. The van der Waals surface area contributed by atoms with Crippen molar-refractivity contribution in [2.75, 3.05) is 6.61 Å². The molecule has 146 valence electrons. The van der Waals surface area contributed by atoms with Crippen molar-refractivity contribution in [3.05, 3.63) is 29.8 Å². The highest BCUT2D eigenvalue weighted by atomic mass is 16.6. The van der Waals surface area contributed by atoms with Crippen molar-refractivity contribution in [2.45, 2.75) is 51.7 Å². The molecule has 1 aliphatic carbocycles. The molecule has 3 amide bonds. The van der Waals surface area contributed by atoms with E-state index in [9.17, 15) is 19.2 Å². The second kappa shape index (κ2) is 9.70. The minimum Gasteiger partial charge on any atom is -0.482 e. The highest BCUT2D eigenvalue weighted by Crippen LogP contribution is 2.17. The fourth-order valence-corrected chi connectivity index (χ4v) is 2.72. The maximum Gasteiger partial charge on any atom is 0.344 e. The van der Waals surface area contributed by atoms with Gasteiger partial charge in [0.2, 0.25) is 0 Å². The van der Waals surface area contributed by atoms with Crippen LogP contribution in [0.1, 0.15) is 49.9 Å². The van der Waals surface area contributed by atoms with Gasteiger partial charge >= 0.3 is 12.0 Å². The van der Waals surface area contributed by atoms with Gasteiger partial charge in [-0.1, -0.05) is 12.8 Å². The average Bonchev–Trinajstić information content (AvgIpc) is 3.13. The Balaban J connectivity index is 1.71. The lowest BCUT2D eigenvalue weighted by atomic mass is 10.1. The van der Waals surface area contributed by atoms with E-state index in [-0.39, 0.29) is 11.8 Å². The summed E-state index contributed by atoms with van der Waals surface area (Å²) in [5.74, 6) is -1.13. The van der Waals surface area contributed by atoms with Crippen LogP contribution in [-0.4, -0.2) is 42.4 Å². The molecule has 0 saturated heterocycles. The van der Waals surface area contributed by atoms with Gasteiger partial charge in [0.1, 0.15) is 5.75 Å². The smallest absolute Gasteiger partial charge is 0.344 e. The van der Waals surface area contributed by atoms with Crippen LogP contribution in [0.5, 0.6) is 5.75 Å². The van der Waals surface area contributed by atoms with Gasteiger partial charge < -0.3 is 14.8 Å². The highest BCUT2D eigenvalue weighted by Gasteiger charge is 2.22. The number of rotatable bonds is 7. The summed E-state index contributed by atoms with van der Waals surface area (Å²) >= 11 is 0. The fraction of sp³-hybridized carbons (Fsp3) is 0.474. The molecule has 27 heavy (non-hydrogen) atoms. The normalized spacial score (nSPS) is 14.9. The summed E-state index contributed by atoms with van der Waals surface area (Å²) in [6, 6.07) is 5.79. The van der Waals surface area contributed by atoms with Gasteiger partial charge in [-0.3, -0.25) is 14.9 Å². The number of carbonyl (C=O) groups excluding carboxylic acids is 4. The third-order valence-electron chi connectivity index (χ3n) is 4.22. The van der Waals surface area contributed by atoms with Gasteiger partial charge in [0, 0.05) is 11.6 Å². The minimum atomic E-state index is -1.13. The molecule has 8 nitrogen and oxygen atoms in total. The van der Waals surface area contributed by atoms with Crippen molar-refractivity contribution < 1.29 is 28.7 Å². The summed E-state index contributed by atoms with van der Waals surface area (Å²) in [5.41, 5.74) is 0.533. The Hall–Kier alpha value is -2.90. The molecule has 1 saturated carbocycles. The number of hydrogen-bond donors (Lipinski definition) is 2. The summed E-state index contributed by atoms with van der Waals surface area (Å²) in [7, 11) is 0. The summed E-state index contributed by atoms with van der Waals surface area (Å²) in [6.45, 7) is 2.43. The number of imide groups is 1. The van der Waals surface area contributed by atoms with Gasteiger partial charge in [-0.05, 0) is 51.0 Å². The molecule has 1 aromatic carbocycles. The Morgan fingerprint density at radius 1 is 1.11 bits per heavy atom. The van der Waals surface area contributed by atoms with Gasteiger partial charge in [0.15, 0.2) is 18.5 Å². The predicted molar refractivity (Wildman–Crippen MR) is 96.4 cm³/mol. The lowest BCUT2D eigenvalue weighted by Gasteiger charge is -2.15. The first-order valence-electron chi connectivity index (χ1n) is 8.90. The van der Waals surface area contributed by atoms with Crippen molar-refractivity contribution in [1.82, 2.24) is 10.6 Å². The lowest BCUT2D eigenvalue weighted by molar-refractivity contribution is -0.156. The number of carbonyl (C=O) groups is 4. The van der Waals surface area contributed by atoms with Crippen LogP contribution in [0.25, 0.3) is 0 Å². The van der Waals surface area contributed by atoms with E-state index in [2.05, 4.69) is 10.6 Å². The van der Waals surface area contributed by atoms with Crippen molar-refractivity contribution in [3.63, 3.8) is 0 Å². The van der Waals surface area contributed by atoms with Crippen LogP contribution < -0.4 is 15.4 Å². The molecule has 2 N–H and O–H groups in total. The largest absolute Gasteiger partial charge is 0.482 e. The minimum absolute atomic E-state index is 0.0715. The topological polar surface area (TPSA) is 111 Å². The zero-order chi connectivity index (χ0) is 19.8. The molecular weight excluding hydrogens is 352 g/mol. The van der Waals surface area contributed by atoms with Gasteiger partial charge in [-0.2, -0.15) is 0 Å². The first-order chi connectivity index (χ1) is 12.8. The van der Waals surface area contributed by atoms with Gasteiger partial charge in [-0.15, -0.1) is 0 Å². The Labute approximate surface area is 157 Å². The average molecular weight is 376 g/mol. The Kier molecular flexibility index (Phi) is 7.34. The molecule has 1 atom stereocenters. The highest BCUT2D eigenvalue weighted by molar-refractivity contribution is 5.97. The molecule has 1 fully saturated rings. The van der Waals surface area contributed by atoms with E-state index in [1.165, 1.54) is 13.8 Å². The monoisotopic (exact) mass is 376 g/mol. The van der Waals surface area contributed by atoms with E-state index in [0.717, 1.165) is 25.7 Å². The maximum atomic E-state index is 11.9. The molecule has 0 bridgehead atoms. The molecule has 2 rings (SSSR count). The number of ether oxygens (including phenoxy) is 2. The molecule has 8 heteroatoms. The molecule has 1 aliphatic rings. The third kappa shape index (κ3) is 6.73. The van der Waals surface area contributed by atoms with Gasteiger partial charge in [0.05, 0.1) is 0 Å². The Bertz CT molecular complexity index is 695. The number of benzene rings is 1. The van der Waals surface area contributed by atoms with Crippen LogP contribution in [0.2, 0.25) is 0 Å². The number of urea groups is 1. The summed E-state index contributed by atoms with van der Waals surface area (Å²) < 4.78 is 10.2. The van der Waals surface area contributed by atoms with E-state index in [0.29, 0.717) is 11.3 Å². The van der Waals surface area contributed by atoms with Crippen LogP contribution in [0, 0.1) is 0 Å². The van der Waals surface area contributed by atoms with Crippen LogP contribution in [0.3, 0.4) is 0 Å². The molecule has 0 heterocycles. The van der Waals surface area contributed by atoms with Gasteiger partial charge in [0.25, 0.3) is 5.91 Å². The van der Waals surface area contributed by atoms with Crippen LogP contribution >= 0.6 is 0 Å². The zero-order valence-corrected chi connectivity index (χ0v) is 15.4. The SMILES string of the molecule is CC(=O)c1ccc(OCC(=O)O[C@H](C)C(=O)NC(=O)NC2CCCC2)cc1. The van der Waals surface area contributed by atoms with E-state index in [1.807, 2.05) is 0 Å². The van der Waals surface area contributed by atoms with Crippen LogP contribution in [0.15, 0.2) is 24.3 Å². The number of Topliss-reactive ketones (excluding diaryl/α,β-unsaturated/α-hetero) is 1. The molecule has 0 aromatic heterocycles. The first-order valence-corrected chi connectivity index (χ1v) is 8.90. The number of hydrogen-bond acceptors (Lipinski definition) is 6. The predicted octanol–water partition coefficient (Wildman–Crippen LogP) is 1.97. The second-order valence-electron chi connectivity index (χ2n) is 6.45. The van der Waals surface area contributed by atoms with Crippen molar-refractivity contribution in [2.24, 2.45) is 0 Å². The number of nitrogens with one attached hydrogen (secondary N) is 2. The zero-order valence-electron chi connectivity index (χ0n) is 15.4. The summed E-state index contributed by atoms with van der Waals surface area (Å²) in [5, 5.41) is 4.88. The van der Waals surface area contributed by atoms with E-state index < -0.39 is 30.6 Å². The van der Waals surface area contributed by atoms with Crippen LogP contribution in [0.4, 0.5) is 4.79 Å². The van der Waals surface area contributed by atoms with Crippen LogP contribution in [-0.2, 0) is 14.3 Å². The number of esters is 1. The second-order valence-corrected chi connectivity index (χ2v) is 6.45. The van der Waals surface area contributed by atoms with Crippen molar-refractivity contribution >= 4 is 23.7 Å². The molecule has 0 radical (unpaired) electrons. The first kappa shape index (κ1) is 20.4. The van der Waals surface area contributed by atoms with E-state index >= 15 is 0 Å². The summed E-state index contributed by atoms with van der Waals surface area (Å²) in [4.78, 5) is 46.7. The number of amides is 3. The third-order valence-corrected chi connectivity index (χ3v) is 4.22. The Morgan fingerprint density at radius 3 is 2.33 bits per heavy atom. The summed E-state index contributed by atoms with van der Waals surface area (Å²) in [6.07, 6.45) is 2.79. The van der Waals surface area contributed by atoms with E-state index in [1.54, 1.807) is 24.3 Å². The molecule has 0 aliphatic heterocycles. The molecule has 1 aromatic rings. The molecular formula is C19H24N2O6. The van der Waals surface area contributed by atoms with Crippen molar-refractivity contribution in [3.8, 4) is 5.75 Å². The van der Waals surface area contributed by atoms with Crippen molar-refractivity contribution in [1.29, 1.82) is 0 Å². The van der Waals surface area contributed by atoms with Gasteiger partial charge in [-0.25, -0.2) is 9.59 Å². The molecule has 0 spiro atoms. The quantitative estimate of drug-likeness (QED) is 0.556. The standard InChI is InChI=1S/C19H24N2O6/c1-12(22)14-7-9-16(10-8-14)26-11-17(23)27-13(2)18(24)21-19(25)20-15-5-3-4-6-15/h7-10,13,15H,3-6,11H2,1-2H3,(H2,20,21,24,25)/t13-/m1/s1. The number of ketones is 1. The Morgan fingerprint density at radius 2 is 1.74 bits per heavy atom. The lowest BCUT2D eigenvalue weighted by Crippen LogP contribution is -2.47. The maximum absolute atomic E-state index is 11.9. The van der Waals surface area contributed by atoms with E-state index in [4.69, 9.17) is 9.47 Å².